The van der Waals surface area contributed by atoms with Crippen LogP contribution in [0.5, 0.6) is 0 Å². The SMILES string of the molecule is Cc1ccncc1-c1noc(-c2ccc3c(c2)nnn3C2CCC2)n1. The highest BCUT2D eigenvalue weighted by atomic mass is 16.5. The molecule has 1 aliphatic carbocycles. The van der Waals surface area contributed by atoms with Gasteiger partial charge in [0.05, 0.1) is 11.6 Å². The van der Waals surface area contributed by atoms with Crippen LogP contribution in [0.1, 0.15) is 30.9 Å². The van der Waals surface area contributed by atoms with Crippen LogP contribution in [0, 0.1) is 6.92 Å². The molecule has 0 radical (unpaired) electrons. The Hall–Kier alpha value is -3.09. The molecule has 0 aliphatic heterocycles. The van der Waals surface area contributed by atoms with Gasteiger partial charge >= 0.3 is 0 Å². The lowest BCUT2D eigenvalue weighted by Crippen LogP contribution is -2.18. The molecule has 4 aromatic rings. The van der Waals surface area contributed by atoms with E-state index in [0.717, 1.165) is 27.7 Å². The molecule has 0 unspecified atom stereocenters. The molecule has 25 heavy (non-hydrogen) atoms. The van der Waals surface area contributed by atoms with Crippen LogP contribution in [-0.2, 0) is 0 Å². The third-order valence-corrected chi connectivity index (χ3v) is 4.84. The predicted molar refractivity (Wildman–Crippen MR) is 91.7 cm³/mol. The first-order chi connectivity index (χ1) is 12.3. The van der Waals surface area contributed by atoms with Gasteiger partial charge in [0, 0.05) is 23.5 Å². The van der Waals surface area contributed by atoms with E-state index < -0.39 is 0 Å². The molecule has 0 atom stereocenters. The summed E-state index contributed by atoms with van der Waals surface area (Å²) in [5.41, 5.74) is 4.67. The number of aryl methyl sites for hydroxylation is 1. The number of fused-ring (bicyclic) bond motifs is 1. The largest absolute Gasteiger partial charge is 0.334 e. The van der Waals surface area contributed by atoms with Gasteiger partial charge in [-0.25, -0.2) is 4.68 Å². The van der Waals surface area contributed by atoms with E-state index in [-0.39, 0.29) is 0 Å². The monoisotopic (exact) mass is 332 g/mol. The molecular formula is C18H16N6O. The molecule has 0 N–H and O–H groups in total. The molecule has 124 valence electrons. The van der Waals surface area contributed by atoms with Crippen molar-refractivity contribution in [2.45, 2.75) is 32.2 Å². The lowest BCUT2D eigenvalue weighted by atomic mass is 9.93. The summed E-state index contributed by atoms with van der Waals surface area (Å²) in [5, 5.41) is 12.7. The Morgan fingerprint density at radius 3 is 2.92 bits per heavy atom. The highest BCUT2D eigenvalue weighted by molar-refractivity contribution is 5.80. The Morgan fingerprint density at radius 1 is 1.20 bits per heavy atom. The van der Waals surface area contributed by atoms with Crippen LogP contribution in [0.15, 0.2) is 41.2 Å². The third kappa shape index (κ3) is 2.31. The van der Waals surface area contributed by atoms with Crippen LogP contribution in [0.4, 0.5) is 0 Å². The number of hydrogen-bond acceptors (Lipinski definition) is 6. The maximum absolute atomic E-state index is 5.45. The van der Waals surface area contributed by atoms with E-state index in [9.17, 15) is 0 Å². The number of aromatic nitrogens is 6. The Morgan fingerprint density at radius 2 is 2.12 bits per heavy atom. The van der Waals surface area contributed by atoms with Crippen LogP contribution in [-0.4, -0.2) is 30.1 Å². The fraction of sp³-hybridized carbons (Fsp3) is 0.278. The summed E-state index contributed by atoms with van der Waals surface area (Å²) in [6.45, 7) is 2.00. The van der Waals surface area contributed by atoms with E-state index in [1.807, 2.05) is 35.9 Å². The van der Waals surface area contributed by atoms with Gasteiger partial charge in [-0.05, 0) is 56.0 Å². The highest BCUT2D eigenvalue weighted by Crippen LogP contribution is 2.33. The van der Waals surface area contributed by atoms with Crippen LogP contribution in [0.3, 0.4) is 0 Å². The van der Waals surface area contributed by atoms with Gasteiger partial charge < -0.3 is 4.52 Å². The maximum atomic E-state index is 5.45. The standard InChI is InChI=1S/C18H16N6O/c1-11-7-8-19-10-14(11)17-20-18(25-22-17)12-5-6-16-15(9-12)21-23-24(16)13-3-2-4-13/h5-10,13H,2-4H2,1H3. The van der Waals surface area contributed by atoms with Gasteiger partial charge in [-0.2, -0.15) is 4.98 Å². The van der Waals surface area contributed by atoms with Crippen molar-refractivity contribution in [3.8, 4) is 22.8 Å². The molecule has 1 saturated carbocycles. The average Bonchev–Trinajstić information content (AvgIpc) is 3.21. The van der Waals surface area contributed by atoms with Gasteiger partial charge in [0.15, 0.2) is 0 Å². The number of pyridine rings is 1. The second kappa shape index (κ2) is 5.47. The quantitative estimate of drug-likeness (QED) is 0.570. The smallest absolute Gasteiger partial charge is 0.258 e. The Balaban J connectivity index is 1.52. The van der Waals surface area contributed by atoms with Gasteiger partial charge in [0.2, 0.25) is 5.82 Å². The molecule has 1 fully saturated rings. The minimum Gasteiger partial charge on any atom is -0.334 e. The fourth-order valence-corrected chi connectivity index (χ4v) is 3.12. The van der Waals surface area contributed by atoms with Crippen LogP contribution >= 0.6 is 0 Å². The van der Waals surface area contributed by atoms with Crippen molar-refractivity contribution in [2.75, 3.05) is 0 Å². The minimum absolute atomic E-state index is 0.471. The molecular weight excluding hydrogens is 316 g/mol. The third-order valence-electron chi connectivity index (χ3n) is 4.84. The summed E-state index contributed by atoms with van der Waals surface area (Å²) in [4.78, 5) is 8.65. The Bertz CT molecular complexity index is 1060. The molecule has 1 aliphatic rings. The summed E-state index contributed by atoms with van der Waals surface area (Å²) in [6, 6.07) is 8.37. The molecule has 0 amide bonds. The van der Waals surface area contributed by atoms with Crippen molar-refractivity contribution < 1.29 is 4.52 Å². The van der Waals surface area contributed by atoms with Crippen LogP contribution in [0.2, 0.25) is 0 Å². The lowest BCUT2D eigenvalue weighted by molar-refractivity contribution is 0.292. The van der Waals surface area contributed by atoms with Gasteiger partial charge in [-0.1, -0.05) is 10.4 Å². The Kier molecular flexibility index (Phi) is 3.12. The van der Waals surface area contributed by atoms with Crippen molar-refractivity contribution in [1.82, 2.24) is 30.1 Å². The van der Waals surface area contributed by atoms with Crippen molar-refractivity contribution in [3.05, 3.63) is 42.2 Å². The summed E-state index contributed by atoms with van der Waals surface area (Å²) in [5.74, 6) is 1.01. The molecule has 5 rings (SSSR count). The number of rotatable bonds is 3. The predicted octanol–water partition coefficient (Wildman–Crippen LogP) is 3.58. The molecule has 7 heteroatoms. The van der Waals surface area contributed by atoms with Gasteiger partial charge in [-0.15, -0.1) is 5.10 Å². The van der Waals surface area contributed by atoms with Crippen molar-refractivity contribution in [2.24, 2.45) is 0 Å². The van der Waals surface area contributed by atoms with Crippen LogP contribution < -0.4 is 0 Å². The van der Waals surface area contributed by atoms with Gasteiger partial charge in [0.25, 0.3) is 5.89 Å². The van der Waals surface area contributed by atoms with Gasteiger partial charge in [-0.3, -0.25) is 4.98 Å². The molecule has 0 saturated heterocycles. The first kappa shape index (κ1) is 14.3. The summed E-state index contributed by atoms with van der Waals surface area (Å²) in [7, 11) is 0. The molecule has 7 nitrogen and oxygen atoms in total. The van der Waals surface area contributed by atoms with E-state index in [2.05, 4.69) is 25.4 Å². The number of nitrogens with zero attached hydrogens (tertiary/aromatic N) is 6. The van der Waals surface area contributed by atoms with Crippen LogP contribution in [0.25, 0.3) is 33.9 Å². The maximum Gasteiger partial charge on any atom is 0.258 e. The van der Waals surface area contributed by atoms with E-state index in [4.69, 9.17) is 4.52 Å². The molecule has 3 aromatic heterocycles. The zero-order chi connectivity index (χ0) is 16.8. The average molecular weight is 332 g/mol. The summed E-state index contributed by atoms with van der Waals surface area (Å²) < 4.78 is 7.48. The normalized spacial score (nSPS) is 14.8. The summed E-state index contributed by atoms with van der Waals surface area (Å²) >= 11 is 0. The molecule has 1 aromatic carbocycles. The van der Waals surface area contributed by atoms with E-state index in [0.29, 0.717) is 17.8 Å². The van der Waals surface area contributed by atoms with Gasteiger partial charge in [0.1, 0.15) is 5.52 Å². The molecule has 0 spiro atoms. The second-order valence-electron chi connectivity index (χ2n) is 6.44. The lowest BCUT2D eigenvalue weighted by Gasteiger charge is -2.25. The van der Waals surface area contributed by atoms with Crippen molar-refractivity contribution in [1.29, 1.82) is 0 Å². The molecule has 0 bridgehead atoms. The zero-order valence-corrected chi connectivity index (χ0v) is 13.8. The first-order valence-electron chi connectivity index (χ1n) is 8.39. The number of benzene rings is 1. The van der Waals surface area contributed by atoms with Crippen molar-refractivity contribution in [3.63, 3.8) is 0 Å². The minimum atomic E-state index is 0.471. The Labute approximate surface area is 143 Å². The van der Waals surface area contributed by atoms with Crippen molar-refractivity contribution >= 4 is 11.0 Å². The van der Waals surface area contributed by atoms with E-state index in [1.54, 1.807) is 12.4 Å². The zero-order valence-electron chi connectivity index (χ0n) is 13.8. The first-order valence-corrected chi connectivity index (χ1v) is 8.39. The highest BCUT2D eigenvalue weighted by Gasteiger charge is 2.23. The number of hydrogen-bond donors (Lipinski definition) is 0. The topological polar surface area (TPSA) is 82.5 Å². The second-order valence-corrected chi connectivity index (χ2v) is 6.44. The van der Waals surface area contributed by atoms with E-state index in [1.165, 1.54) is 19.3 Å². The summed E-state index contributed by atoms with van der Waals surface area (Å²) in [6.07, 6.45) is 7.12. The van der Waals surface area contributed by atoms with E-state index >= 15 is 0 Å². The fourth-order valence-electron chi connectivity index (χ4n) is 3.12. The molecule has 3 heterocycles.